The second kappa shape index (κ2) is 9.01. The monoisotopic (exact) mass is 452 g/mol. The number of fused-ring (bicyclic) bond motifs is 1. The van der Waals surface area contributed by atoms with E-state index in [1.165, 1.54) is 25.6 Å². The van der Waals surface area contributed by atoms with Crippen molar-refractivity contribution in [2.24, 2.45) is 0 Å². The lowest BCUT2D eigenvalue weighted by Crippen LogP contribution is -2.50. The van der Waals surface area contributed by atoms with Gasteiger partial charge in [0.25, 0.3) is 0 Å². The molecule has 3 rings (SSSR count). The average Bonchev–Trinajstić information content (AvgIpc) is 3.19. The maximum Gasteiger partial charge on any atom is 0.303 e. The van der Waals surface area contributed by atoms with E-state index >= 15 is 0 Å². The number of ether oxygens (including phenoxy) is 4. The van der Waals surface area contributed by atoms with E-state index in [1.807, 2.05) is 20.1 Å². The van der Waals surface area contributed by atoms with E-state index in [-0.39, 0.29) is 12.7 Å². The summed E-state index contributed by atoms with van der Waals surface area (Å²) < 4.78 is 25.1. The van der Waals surface area contributed by atoms with Crippen LogP contribution in [0.4, 0.5) is 5.82 Å². The van der Waals surface area contributed by atoms with Crippen LogP contribution in [0.1, 0.15) is 40.8 Å². The van der Waals surface area contributed by atoms with E-state index in [1.54, 1.807) is 23.8 Å². The summed E-state index contributed by atoms with van der Waals surface area (Å²) in [7, 11) is 0. The van der Waals surface area contributed by atoms with Crippen molar-refractivity contribution in [2.45, 2.75) is 69.9 Å². The summed E-state index contributed by atoms with van der Waals surface area (Å²) >= 11 is 1.36. The molecule has 1 aliphatic heterocycles. The molecule has 1 fully saturated rings. The largest absolute Gasteiger partial charge is 0.463 e. The maximum absolute atomic E-state index is 12.1. The van der Waals surface area contributed by atoms with Crippen molar-refractivity contribution in [3.05, 3.63) is 12.3 Å². The van der Waals surface area contributed by atoms with Gasteiger partial charge in [-0.15, -0.1) is 0 Å². The fourth-order valence-electron chi connectivity index (χ4n) is 3.80. The number of hydrogen-bond donors (Lipinski definition) is 1. The molecule has 0 spiro atoms. The van der Waals surface area contributed by atoms with Crippen molar-refractivity contribution < 1.29 is 28.5 Å². The van der Waals surface area contributed by atoms with Crippen molar-refractivity contribution in [3.63, 3.8) is 0 Å². The van der Waals surface area contributed by atoms with Crippen molar-refractivity contribution in [1.82, 2.24) is 14.5 Å². The third-order valence-electron chi connectivity index (χ3n) is 4.95. The zero-order valence-corrected chi connectivity index (χ0v) is 19.3. The number of anilines is 1. The highest BCUT2D eigenvalue weighted by molar-refractivity contribution is 7.98. The molecule has 170 valence electrons. The number of esters is 2. The maximum atomic E-state index is 12.1. The third kappa shape index (κ3) is 4.63. The molecule has 0 amide bonds. The molecule has 2 aromatic heterocycles. The minimum Gasteiger partial charge on any atom is -0.463 e. The van der Waals surface area contributed by atoms with Gasteiger partial charge in [0.05, 0.1) is 11.5 Å². The summed E-state index contributed by atoms with van der Waals surface area (Å²) in [5, 5.41) is 1.15. The van der Waals surface area contributed by atoms with Crippen LogP contribution in [0.2, 0.25) is 0 Å². The lowest BCUT2D eigenvalue weighted by atomic mass is 9.95. The van der Waals surface area contributed by atoms with Crippen molar-refractivity contribution >= 4 is 40.6 Å². The SMILES string of the molecule is CSc1nc(N)c2ccn(C3O[C@H](COC(C)=O)[C@@H](OC(C)C)[C@@]3(C)OC(C)=O)c2n1. The van der Waals surface area contributed by atoms with Crippen LogP contribution >= 0.6 is 11.8 Å². The molecule has 2 N–H and O–H groups in total. The highest BCUT2D eigenvalue weighted by Crippen LogP contribution is 2.45. The molecule has 0 radical (unpaired) electrons. The average molecular weight is 453 g/mol. The molecule has 11 heteroatoms. The van der Waals surface area contributed by atoms with Gasteiger partial charge < -0.3 is 29.2 Å². The number of carbonyl (C=O) groups is 2. The fourth-order valence-corrected chi connectivity index (χ4v) is 4.17. The smallest absolute Gasteiger partial charge is 0.303 e. The first kappa shape index (κ1) is 23.3. The molecule has 1 aliphatic rings. The van der Waals surface area contributed by atoms with E-state index in [0.29, 0.717) is 22.0 Å². The predicted octanol–water partition coefficient (Wildman–Crippen LogP) is 2.31. The molecule has 0 aromatic carbocycles. The molecule has 10 nitrogen and oxygen atoms in total. The van der Waals surface area contributed by atoms with Gasteiger partial charge in [-0.1, -0.05) is 11.8 Å². The Kier molecular flexibility index (Phi) is 6.77. The van der Waals surface area contributed by atoms with Crippen LogP contribution in [0, 0.1) is 0 Å². The molecule has 0 aliphatic carbocycles. The zero-order valence-electron chi connectivity index (χ0n) is 18.4. The number of nitrogen functional groups attached to an aromatic ring is 1. The first-order valence-electron chi connectivity index (χ1n) is 9.88. The summed E-state index contributed by atoms with van der Waals surface area (Å²) in [4.78, 5) is 32.3. The normalized spacial score (nSPS) is 25.8. The minimum absolute atomic E-state index is 0.0491. The number of aromatic nitrogens is 3. The van der Waals surface area contributed by atoms with Crippen LogP contribution < -0.4 is 5.73 Å². The van der Waals surface area contributed by atoms with Gasteiger partial charge in [-0.05, 0) is 33.1 Å². The van der Waals surface area contributed by atoms with Crippen LogP contribution in [0.5, 0.6) is 0 Å². The Morgan fingerprint density at radius 2 is 2.03 bits per heavy atom. The van der Waals surface area contributed by atoms with Gasteiger partial charge in [0.15, 0.2) is 17.0 Å². The van der Waals surface area contributed by atoms with Gasteiger partial charge in [0, 0.05) is 20.0 Å². The second-order valence-corrected chi connectivity index (χ2v) is 8.54. The summed E-state index contributed by atoms with van der Waals surface area (Å²) in [6.07, 6.45) is 1.25. The Hall–Kier alpha value is -2.37. The summed E-state index contributed by atoms with van der Waals surface area (Å²) in [6.45, 7) is 8.08. The third-order valence-corrected chi connectivity index (χ3v) is 5.49. The summed E-state index contributed by atoms with van der Waals surface area (Å²) in [5.41, 5.74) is 5.42. The second-order valence-electron chi connectivity index (χ2n) is 7.77. The summed E-state index contributed by atoms with van der Waals surface area (Å²) in [6, 6.07) is 1.78. The quantitative estimate of drug-likeness (QED) is 0.380. The molecular formula is C20H28N4O6S. The van der Waals surface area contributed by atoms with Crippen molar-refractivity contribution in [2.75, 3.05) is 18.6 Å². The zero-order chi connectivity index (χ0) is 22.9. The number of thioether (sulfide) groups is 1. The van der Waals surface area contributed by atoms with Gasteiger partial charge in [-0.2, -0.15) is 0 Å². The Bertz CT molecular complexity index is 980. The molecule has 3 heterocycles. The van der Waals surface area contributed by atoms with E-state index in [4.69, 9.17) is 24.7 Å². The van der Waals surface area contributed by atoms with Crippen molar-refractivity contribution in [3.8, 4) is 0 Å². The molecule has 0 saturated carbocycles. The first-order valence-corrected chi connectivity index (χ1v) is 11.1. The summed E-state index contributed by atoms with van der Waals surface area (Å²) in [5.74, 6) is -0.593. The number of rotatable bonds is 7. The Balaban J connectivity index is 2.12. The Labute approximate surface area is 184 Å². The molecule has 1 unspecified atom stereocenters. The minimum atomic E-state index is -1.23. The molecule has 1 saturated heterocycles. The molecule has 31 heavy (non-hydrogen) atoms. The van der Waals surface area contributed by atoms with Crippen LogP contribution in [0.3, 0.4) is 0 Å². The molecule has 4 atom stereocenters. The standard InChI is InChI=1S/C20H28N4O6S/c1-10(2)28-15-14(9-27-11(3)25)29-18(20(15,5)30-12(4)26)24-8-7-13-16(21)22-19(31-6)23-17(13)24/h7-8,10,14-15,18H,9H2,1-6H3,(H2,21,22,23)/t14-,15-,18?,20-/m1/s1. The van der Waals surface area contributed by atoms with Gasteiger partial charge in [-0.25, -0.2) is 9.97 Å². The topological polar surface area (TPSA) is 128 Å². The van der Waals surface area contributed by atoms with Crippen LogP contribution in [-0.2, 0) is 28.5 Å². The van der Waals surface area contributed by atoms with E-state index in [9.17, 15) is 9.59 Å². The molecule has 0 bridgehead atoms. The Morgan fingerprint density at radius 3 is 2.61 bits per heavy atom. The molecular weight excluding hydrogens is 424 g/mol. The van der Waals surface area contributed by atoms with Gasteiger partial charge >= 0.3 is 11.9 Å². The van der Waals surface area contributed by atoms with Gasteiger partial charge in [0.1, 0.15) is 30.3 Å². The van der Waals surface area contributed by atoms with E-state index in [2.05, 4.69) is 9.97 Å². The van der Waals surface area contributed by atoms with Gasteiger partial charge in [-0.3, -0.25) is 9.59 Å². The van der Waals surface area contributed by atoms with Crippen LogP contribution in [0.15, 0.2) is 17.4 Å². The molecule has 2 aromatic rings. The highest BCUT2D eigenvalue weighted by Gasteiger charge is 2.59. The highest BCUT2D eigenvalue weighted by atomic mass is 32.2. The van der Waals surface area contributed by atoms with Crippen LogP contribution in [-0.4, -0.2) is 63.2 Å². The predicted molar refractivity (Wildman–Crippen MR) is 114 cm³/mol. The fraction of sp³-hybridized carbons (Fsp3) is 0.600. The lowest BCUT2D eigenvalue weighted by Gasteiger charge is -2.35. The number of nitrogens with zero attached hydrogens (tertiary/aromatic N) is 3. The van der Waals surface area contributed by atoms with E-state index in [0.717, 1.165) is 0 Å². The Morgan fingerprint density at radius 1 is 1.32 bits per heavy atom. The first-order chi connectivity index (χ1) is 14.6. The number of carbonyl (C=O) groups excluding carboxylic acids is 2. The lowest BCUT2D eigenvalue weighted by molar-refractivity contribution is -0.183. The van der Waals surface area contributed by atoms with Crippen molar-refractivity contribution in [1.29, 1.82) is 0 Å². The number of nitrogens with two attached hydrogens (primary N) is 1. The number of hydrogen-bond acceptors (Lipinski definition) is 10. The van der Waals surface area contributed by atoms with E-state index < -0.39 is 36.0 Å². The van der Waals surface area contributed by atoms with Crippen LogP contribution in [0.25, 0.3) is 11.0 Å². The van der Waals surface area contributed by atoms with Gasteiger partial charge in [0.2, 0.25) is 0 Å².